The summed E-state index contributed by atoms with van der Waals surface area (Å²) >= 11 is 3.31. The Bertz CT molecular complexity index is 629. The Morgan fingerprint density at radius 1 is 1.33 bits per heavy atom. The standard InChI is InChI=1S/C15H18BrN3O2/c1-2-19-15(20)14(16)13(11-18-19)17-9-6-10-21-12-7-4-3-5-8-12/h3-5,7-8,11,17H,2,6,9-10H2,1H3. The van der Waals surface area contributed by atoms with Gasteiger partial charge in [-0.05, 0) is 41.4 Å². The van der Waals surface area contributed by atoms with Crippen molar-refractivity contribution in [1.82, 2.24) is 9.78 Å². The van der Waals surface area contributed by atoms with Crippen LogP contribution in [0, 0.1) is 0 Å². The molecule has 1 aromatic carbocycles. The van der Waals surface area contributed by atoms with Crippen molar-refractivity contribution < 1.29 is 4.74 Å². The Labute approximate surface area is 132 Å². The number of nitrogens with zero attached hydrogens (tertiary/aromatic N) is 2. The SMILES string of the molecule is CCn1ncc(NCCCOc2ccccc2)c(Br)c1=O. The number of aromatic nitrogens is 2. The van der Waals surface area contributed by atoms with E-state index in [-0.39, 0.29) is 5.56 Å². The zero-order chi connectivity index (χ0) is 15.1. The van der Waals surface area contributed by atoms with Crippen molar-refractivity contribution in [3.8, 4) is 5.75 Å². The first-order chi connectivity index (χ1) is 10.2. The van der Waals surface area contributed by atoms with Crippen LogP contribution in [0.3, 0.4) is 0 Å². The average Bonchev–Trinajstić information content (AvgIpc) is 2.52. The highest BCUT2D eigenvalue weighted by molar-refractivity contribution is 9.10. The summed E-state index contributed by atoms with van der Waals surface area (Å²) in [6, 6.07) is 9.70. The number of hydrogen-bond donors (Lipinski definition) is 1. The smallest absolute Gasteiger partial charge is 0.283 e. The molecular weight excluding hydrogens is 334 g/mol. The van der Waals surface area contributed by atoms with E-state index >= 15 is 0 Å². The van der Waals surface area contributed by atoms with Crippen LogP contribution >= 0.6 is 15.9 Å². The maximum atomic E-state index is 11.9. The number of para-hydroxylation sites is 1. The number of anilines is 1. The van der Waals surface area contributed by atoms with E-state index in [4.69, 9.17) is 4.74 Å². The van der Waals surface area contributed by atoms with Crippen molar-refractivity contribution in [2.75, 3.05) is 18.5 Å². The van der Waals surface area contributed by atoms with Crippen LogP contribution in [-0.4, -0.2) is 22.9 Å². The first-order valence-corrected chi connectivity index (χ1v) is 7.69. The van der Waals surface area contributed by atoms with E-state index in [2.05, 4.69) is 26.3 Å². The molecule has 0 atom stereocenters. The highest BCUT2D eigenvalue weighted by atomic mass is 79.9. The molecule has 0 aliphatic carbocycles. The molecule has 0 aliphatic heterocycles. The molecule has 1 N–H and O–H groups in total. The number of halogens is 1. The fourth-order valence-electron chi connectivity index (χ4n) is 1.82. The van der Waals surface area contributed by atoms with Gasteiger partial charge in [-0.3, -0.25) is 4.79 Å². The molecule has 112 valence electrons. The molecule has 0 fully saturated rings. The lowest BCUT2D eigenvalue weighted by Gasteiger charge is -2.10. The predicted octanol–water partition coefficient (Wildman–Crippen LogP) is 2.91. The van der Waals surface area contributed by atoms with Gasteiger partial charge in [-0.1, -0.05) is 18.2 Å². The third-order valence-electron chi connectivity index (χ3n) is 2.93. The van der Waals surface area contributed by atoms with Gasteiger partial charge in [-0.2, -0.15) is 5.10 Å². The van der Waals surface area contributed by atoms with Gasteiger partial charge in [-0.15, -0.1) is 0 Å². The summed E-state index contributed by atoms with van der Waals surface area (Å²) in [5, 5.41) is 7.27. The number of ether oxygens (including phenoxy) is 1. The average molecular weight is 352 g/mol. The molecule has 0 radical (unpaired) electrons. The maximum Gasteiger partial charge on any atom is 0.283 e. The molecule has 0 spiro atoms. The van der Waals surface area contributed by atoms with Gasteiger partial charge < -0.3 is 10.1 Å². The van der Waals surface area contributed by atoms with Crippen LogP contribution in [0.4, 0.5) is 5.69 Å². The van der Waals surface area contributed by atoms with Crippen molar-refractivity contribution in [3.63, 3.8) is 0 Å². The van der Waals surface area contributed by atoms with Crippen molar-refractivity contribution in [2.24, 2.45) is 0 Å². The number of aryl methyl sites for hydroxylation is 1. The zero-order valence-electron chi connectivity index (χ0n) is 11.9. The minimum absolute atomic E-state index is 0.122. The Hall–Kier alpha value is -1.82. The lowest BCUT2D eigenvalue weighted by molar-refractivity contribution is 0.315. The molecule has 0 saturated heterocycles. The van der Waals surface area contributed by atoms with Gasteiger partial charge >= 0.3 is 0 Å². The second-order valence-electron chi connectivity index (χ2n) is 4.43. The quantitative estimate of drug-likeness (QED) is 0.779. The Morgan fingerprint density at radius 2 is 2.10 bits per heavy atom. The fraction of sp³-hybridized carbons (Fsp3) is 0.333. The minimum Gasteiger partial charge on any atom is -0.494 e. The van der Waals surface area contributed by atoms with Crippen molar-refractivity contribution in [1.29, 1.82) is 0 Å². The molecule has 6 heteroatoms. The molecular formula is C15H18BrN3O2. The molecule has 0 unspecified atom stereocenters. The zero-order valence-corrected chi connectivity index (χ0v) is 13.5. The van der Waals surface area contributed by atoms with Crippen LogP contribution < -0.4 is 15.6 Å². The summed E-state index contributed by atoms with van der Waals surface area (Å²) in [5.74, 6) is 0.867. The van der Waals surface area contributed by atoms with Crippen LogP contribution in [0.15, 0.2) is 45.8 Å². The van der Waals surface area contributed by atoms with E-state index < -0.39 is 0 Å². The van der Waals surface area contributed by atoms with E-state index in [1.807, 2.05) is 37.3 Å². The van der Waals surface area contributed by atoms with E-state index in [0.29, 0.717) is 29.9 Å². The minimum atomic E-state index is -0.122. The van der Waals surface area contributed by atoms with Crippen molar-refractivity contribution >= 4 is 21.6 Å². The molecule has 0 bridgehead atoms. The second-order valence-corrected chi connectivity index (χ2v) is 5.23. The number of nitrogens with one attached hydrogen (secondary N) is 1. The van der Waals surface area contributed by atoms with Gasteiger partial charge in [0.15, 0.2) is 0 Å². The van der Waals surface area contributed by atoms with E-state index in [1.54, 1.807) is 6.20 Å². The third-order valence-corrected chi connectivity index (χ3v) is 3.70. The second kappa shape index (κ2) is 7.83. The van der Waals surface area contributed by atoms with Gasteiger partial charge in [0.05, 0.1) is 18.5 Å². The van der Waals surface area contributed by atoms with Gasteiger partial charge in [0.1, 0.15) is 10.2 Å². The van der Waals surface area contributed by atoms with Crippen LogP contribution in [0.5, 0.6) is 5.75 Å². The number of hydrogen-bond acceptors (Lipinski definition) is 4. The normalized spacial score (nSPS) is 10.4. The van der Waals surface area contributed by atoms with Crippen LogP contribution in [0.25, 0.3) is 0 Å². The van der Waals surface area contributed by atoms with Gasteiger partial charge in [0.25, 0.3) is 5.56 Å². The molecule has 1 aromatic heterocycles. The van der Waals surface area contributed by atoms with Crippen LogP contribution in [-0.2, 0) is 6.54 Å². The first kappa shape index (κ1) is 15.6. The topological polar surface area (TPSA) is 56.1 Å². The fourth-order valence-corrected chi connectivity index (χ4v) is 2.26. The van der Waals surface area contributed by atoms with Crippen molar-refractivity contribution in [2.45, 2.75) is 19.9 Å². The summed E-state index contributed by atoms with van der Waals surface area (Å²) in [6.45, 7) is 3.77. The Kier molecular flexibility index (Phi) is 5.80. The highest BCUT2D eigenvalue weighted by Crippen LogP contribution is 2.16. The lowest BCUT2D eigenvalue weighted by Crippen LogP contribution is -2.23. The Morgan fingerprint density at radius 3 is 2.81 bits per heavy atom. The molecule has 21 heavy (non-hydrogen) atoms. The third kappa shape index (κ3) is 4.32. The van der Waals surface area contributed by atoms with Gasteiger partial charge in [0.2, 0.25) is 0 Å². The molecule has 1 heterocycles. The number of rotatable bonds is 7. The van der Waals surface area contributed by atoms with Crippen molar-refractivity contribution in [3.05, 3.63) is 51.4 Å². The van der Waals surface area contributed by atoms with Gasteiger partial charge in [-0.25, -0.2) is 4.68 Å². The summed E-state index contributed by atoms with van der Waals surface area (Å²) in [4.78, 5) is 11.9. The molecule has 2 aromatic rings. The maximum absolute atomic E-state index is 11.9. The van der Waals surface area contributed by atoms with Gasteiger partial charge in [0, 0.05) is 13.1 Å². The summed E-state index contributed by atoms with van der Waals surface area (Å²) in [7, 11) is 0. The highest BCUT2D eigenvalue weighted by Gasteiger charge is 2.07. The lowest BCUT2D eigenvalue weighted by atomic mass is 10.3. The van der Waals surface area contributed by atoms with Crippen LogP contribution in [0.2, 0.25) is 0 Å². The monoisotopic (exact) mass is 351 g/mol. The molecule has 0 amide bonds. The summed E-state index contributed by atoms with van der Waals surface area (Å²) in [6.07, 6.45) is 2.49. The van der Waals surface area contributed by atoms with E-state index in [9.17, 15) is 4.79 Å². The molecule has 2 rings (SSSR count). The summed E-state index contributed by atoms with van der Waals surface area (Å²) < 4.78 is 7.53. The largest absolute Gasteiger partial charge is 0.494 e. The predicted molar refractivity (Wildman–Crippen MR) is 86.9 cm³/mol. The van der Waals surface area contributed by atoms with E-state index in [1.165, 1.54) is 4.68 Å². The molecule has 0 aliphatic rings. The first-order valence-electron chi connectivity index (χ1n) is 6.89. The molecule has 5 nitrogen and oxygen atoms in total. The number of benzene rings is 1. The van der Waals surface area contributed by atoms with Crippen LogP contribution in [0.1, 0.15) is 13.3 Å². The van der Waals surface area contributed by atoms with E-state index in [0.717, 1.165) is 12.2 Å². The molecule has 0 saturated carbocycles. The summed E-state index contributed by atoms with van der Waals surface area (Å²) in [5.41, 5.74) is 0.590. The Balaban J connectivity index is 1.79.